The molecule has 0 unspecified atom stereocenters. The van der Waals surface area contributed by atoms with Crippen molar-refractivity contribution in [1.29, 1.82) is 0 Å². The van der Waals surface area contributed by atoms with Crippen LogP contribution >= 0.6 is 22.9 Å². The van der Waals surface area contributed by atoms with Gasteiger partial charge in [0.1, 0.15) is 11.0 Å². The number of nitrogens with zero attached hydrogens (tertiary/aromatic N) is 2. The Kier molecular flexibility index (Phi) is 3.39. The normalized spacial score (nSPS) is 16.4. The van der Waals surface area contributed by atoms with Gasteiger partial charge in [-0.3, -0.25) is 0 Å². The number of thiophene rings is 1. The number of morpholine rings is 1. The number of fused-ring (bicyclic) bond motifs is 1. The van der Waals surface area contributed by atoms with Gasteiger partial charge in [-0.1, -0.05) is 11.6 Å². The Bertz CT molecular complexity index is 566. The van der Waals surface area contributed by atoms with E-state index in [4.69, 9.17) is 16.3 Å². The van der Waals surface area contributed by atoms with Crippen LogP contribution in [0.15, 0.2) is 12.1 Å². The summed E-state index contributed by atoms with van der Waals surface area (Å²) in [6.07, 6.45) is 0. The second-order valence-electron chi connectivity index (χ2n) is 4.16. The number of halogens is 1. The molecule has 0 atom stereocenters. The van der Waals surface area contributed by atoms with Crippen LogP contribution in [0.1, 0.15) is 4.88 Å². The zero-order valence-corrected chi connectivity index (χ0v) is 11.3. The lowest BCUT2D eigenvalue weighted by Crippen LogP contribution is -2.36. The number of pyridine rings is 1. The summed E-state index contributed by atoms with van der Waals surface area (Å²) < 4.78 is 6.44. The SMILES string of the molecule is OCc1cc2cc(Cl)nc(N3CCOCC3)c2s1. The minimum absolute atomic E-state index is 0.0551. The molecule has 0 saturated carbocycles. The van der Waals surface area contributed by atoms with Gasteiger partial charge in [0.2, 0.25) is 0 Å². The van der Waals surface area contributed by atoms with E-state index < -0.39 is 0 Å². The first-order valence-electron chi connectivity index (χ1n) is 5.80. The molecule has 1 aliphatic heterocycles. The fraction of sp³-hybridized carbons (Fsp3) is 0.417. The Morgan fingerprint density at radius 1 is 1.39 bits per heavy atom. The molecule has 1 fully saturated rings. The van der Waals surface area contributed by atoms with Crippen molar-refractivity contribution in [1.82, 2.24) is 4.98 Å². The number of aromatic nitrogens is 1. The predicted molar refractivity (Wildman–Crippen MR) is 73.6 cm³/mol. The second-order valence-corrected chi connectivity index (χ2v) is 5.68. The van der Waals surface area contributed by atoms with Gasteiger partial charge in [-0.2, -0.15) is 0 Å². The summed E-state index contributed by atoms with van der Waals surface area (Å²) in [6, 6.07) is 3.81. The van der Waals surface area contributed by atoms with Gasteiger partial charge >= 0.3 is 0 Å². The van der Waals surface area contributed by atoms with E-state index in [0.717, 1.165) is 33.9 Å². The Morgan fingerprint density at radius 3 is 2.89 bits per heavy atom. The minimum Gasteiger partial charge on any atom is -0.391 e. The first-order valence-corrected chi connectivity index (χ1v) is 7.00. The number of ether oxygens (including phenoxy) is 1. The standard InChI is InChI=1S/C12H13ClN2O2S/c13-10-6-8-5-9(7-16)18-11(8)12(14-10)15-1-3-17-4-2-15/h5-6,16H,1-4,7H2. The average molecular weight is 285 g/mol. The lowest BCUT2D eigenvalue weighted by atomic mass is 10.3. The highest BCUT2D eigenvalue weighted by Crippen LogP contribution is 2.35. The highest BCUT2D eigenvalue weighted by Gasteiger charge is 2.18. The quantitative estimate of drug-likeness (QED) is 0.860. The summed E-state index contributed by atoms with van der Waals surface area (Å²) in [4.78, 5) is 7.56. The van der Waals surface area contributed by atoms with Gasteiger partial charge in [0.25, 0.3) is 0 Å². The summed E-state index contributed by atoms with van der Waals surface area (Å²) in [5, 5.41) is 10.8. The van der Waals surface area contributed by atoms with Crippen LogP contribution in [0, 0.1) is 0 Å². The summed E-state index contributed by atoms with van der Waals surface area (Å²) in [5.41, 5.74) is 0. The van der Waals surface area contributed by atoms with Crippen molar-refractivity contribution in [3.05, 3.63) is 22.2 Å². The van der Waals surface area contributed by atoms with Crippen molar-refractivity contribution in [2.45, 2.75) is 6.61 Å². The molecule has 4 nitrogen and oxygen atoms in total. The number of rotatable bonds is 2. The molecule has 2 aromatic rings. The summed E-state index contributed by atoms with van der Waals surface area (Å²) in [6.45, 7) is 3.14. The molecule has 18 heavy (non-hydrogen) atoms. The summed E-state index contributed by atoms with van der Waals surface area (Å²) in [5.74, 6) is 0.908. The van der Waals surface area contributed by atoms with Gasteiger partial charge in [0.05, 0.1) is 24.5 Å². The molecule has 0 bridgehead atoms. The van der Waals surface area contributed by atoms with Gasteiger partial charge < -0.3 is 14.7 Å². The molecular weight excluding hydrogens is 272 g/mol. The van der Waals surface area contributed by atoms with Gasteiger partial charge in [0.15, 0.2) is 0 Å². The Hall–Kier alpha value is -0.880. The number of hydrogen-bond donors (Lipinski definition) is 1. The monoisotopic (exact) mass is 284 g/mol. The van der Waals surface area contributed by atoms with Crippen LogP contribution < -0.4 is 4.90 Å². The Labute approximate surface area is 114 Å². The van der Waals surface area contributed by atoms with Gasteiger partial charge in [-0.25, -0.2) is 4.98 Å². The van der Waals surface area contributed by atoms with Crippen LogP contribution in [0.3, 0.4) is 0 Å². The molecule has 1 N–H and O–H groups in total. The van der Waals surface area contributed by atoms with Crippen molar-refractivity contribution in [2.24, 2.45) is 0 Å². The van der Waals surface area contributed by atoms with Crippen LogP contribution in [0.5, 0.6) is 0 Å². The van der Waals surface area contributed by atoms with Crippen LogP contribution in [0.4, 0.5) is 5.82 Å². The topological polar surface area (TPSA) is 45.6 Å². The van der Waals surface area contributed by atoms with E-state index in [9.17, 15) is 5.11 Å². The number of hydrogen-bond acceptors (Lipinski definition) is 5. The van der Waals surface area contributed by atoms with Crippen molar-refractivity contribution in [2.75, 3.05) is 31.2 Å². The van der Waals surface area contributed by atoms with Gasteiger partial charge in [-0.05, 0) is 17.5 Å². The maximum atomic E-state index is 9.23. The third kappa shape index (κ3) is 2.19. The first-order chi connectivity index (χ1) is 8.78. The largest absolute Gasteiger partial charge is 0.391 e. The third-order valence-corrected chi connectivity index (χ3v) is 4.29. The molecule has 0 aliphatic carbocycles. The zero-order valence-electron chi connectivity index (χ0n) is 9.73. The highest BCUT2D eigenvalue weighted by molar-refractivity contribution is 7.19. The van der Waals surface area contributed by atoms with E-state index in [1.807, 2.05) is 12.1 Å². The second kappa shape index (κ2) is 5.01. The Morgan fingerprint density at radius 2 is 2.17 bits per heavy atom. The number of aliphatic hydroxyl groups excluding tert-OH is 1. The number of anilines is 1. The van der Waals surface area contributed by atoms with Gasteiger partial charge in [-0.15, -0.1) is 11.3 Å². The summed E-state index contributed by atoms with van der Waals surface area (Å²) in [7, 11) is 0. The molecule has 1 saturated heterocycles. The maximum absolute atomic E-state index is 9.23. The fourth-order valence-corrected chi connectivity index (χ4v) is 3.33. The number of aliphatic hydroxyl groups is 1. The molecule has 2 aromatic heterocycles. The van der Waals surface area contributed by atoms with Gasteiger partial charge in [0, 0.05) is 18.0 Å². The smallest absolute Gasteiger partial charge is 0.148 e. The highest BCUT2D eigenvalue weighted by atomic mass is 35.5. The van der Waals surface area contributed by atoms with Crippen LogP contribution in [0.2, 0.25) is 5.15 Å². The zero-order chi connectivity index (χ0) is 12.5. The van der Waals surface area contributed by atoms with E-state index in [-0.39, 0.29) is 6.61 Å². The molecule has 96 valence electrons. The summed E-state index contributed by atoms with van der Waals surface area (Å²) >= 11 is 7.64. The molecule has 0 spiro atoms. The van der Waals surface area contributed by atoms with Crippen molar-refractivity contribution >= 4 is 38.8 Å². The fourth-order valence-electron chi connectivity index (χ4n) is 2.12. The lowest BCUT2D eigenvalue weighted by Gasteiger charge is -2.28. The molecule has 0 radical (unpaired) electrons. The van der Waals surface area contributed by atoms with Crippen LogP contribution in [-0.4, -0.2) is 36.4 Å². The minimum atomic E-state index is 0.0551. The molecule has 3 rings (SSSR count). The van der Waals surface area contributed by atoms with E-state index in [1.54, 1.807) is 11.3 Å². The molecule has 0 amide bonds. The molecular formula is C12H13ClN2O2S. The van der Waals surface area contributed by atoms with E-state index >= 15 is 0 Å². The maximum Gasteiger partial charge on any atom is 0.148 e. The van der Waals surface area contributed by atoms with E-state index in [1.165, 1.54) is 0 Å². The average Bonchev–Trinajstić information content (AvgIpc) is 2.81. The molecule has 6 heteroatoms. The van der Waals surface area contributed by atoms with Crippen molar-refractivity contribution in [3.8, 4) is 0 Å². The predicted octanol–water partition coefficient (Wildman–Crippen LogP) is 2.28. The van der Waals surface area contributed by atoms with Crippen molar-refractivity contribution in [3.63, 3.8) is 0 Å². The Balaban J connectivity index is 2.10. The van der Waals surface area contributed by atoms with E-state index in [2.05, 4.69) is 9.88 Å². The third-order valence-electron chi connectivity index (χ3n) is 2.97. The first kappa shape index (κ1) is 12.2. The van der Waals surface area contributed by atoms with Crippen molar-refractivity contribution < 1.29 is 9.84 Å². The molecule has 1 aliphatic rings. The van der Waals surface area contributed by atoms with Crippen LogP contribution in [-0.2, 0) is 11.3 Å². The van der Waals surface area contributed by atoms with Crippen LogP contribution in [0.25, 0.3) is 10.1 Å². The molecule has 0 aromatic carbocycles. The van der Waals surface area contributed by atoms with E-state index in [0.29, 0.717) is 18.4 Å². The lowest BCUT2D eigenvalue weighted by molar-refractivity contribution is 0.122. The molecule has 3 heterocycles.